The normalized spacial score (nSPS) is 13.8. The summed E-state index contributed by atoms with van der Waals surface area (Å²) < 4.78 is 5.55. The summed E-state index contributed by atoms with van der Waals surface area (Å²) in [5.41, 5.74) is 0.0821. The van der Waals surface area contributed by atoms with Crippen LogP contribution < -0.4 is 4.74 Å². The number of hydrogen-bond donors (Lipinski definition) is 0. The van der Waals surface area contributed by atoms with Crippen LogP contribution in [0.2, 0.25) is 0 Å². The van der Waals surface area contributed by atoms with E-state index in [2.05, 4.69) is 6.07 Å². The minimum Gasteiger partial charge on any atom is -0.491 e. The van der Waals surface area contributed by atoms with E-state index in [0.717, 1.165) is 11.3 Å². The third kappa shape index (κ3) is 3.59. The summed E-state index contributed by atoms with van der Waals surface area (Å²) in [6.07, 6.45) is 0.351. The van der Waals surface area contributed by atoms with E-state index < -0.39 is 5.41 Å². The first-order valence-corrected chi connectivity index (χ1v) is 6.05. The van der Waals surface area contributed by atoms with Crippen LogP contribution in [-0.4, -0.2) is 11.9 Å². The van der Waals surface area contributed by atoms with Gasteiger partial charge in [0.1, 0.15) is 11.5 Å². The number of carbonyl (C=O) groups is 1. The number of carbonyl (C=O) groups excluding carboxylic acids is 1. The van der Waals surface area contributed by atoms with Crippen LogP contribution in [-0.2, 0) is 10.2 Å². The van der Waals surface area contributed by atoms with Crippen LogP contribution in [0.15, 0.2) is 24.3 Å². The molecular weight excluding hydrogens is 226 g/mol. The molecule has 1 rings (SSSR count). The molecule has 0 radical (unpaired) electrons. The highest BCUT2D eigenvalue weighted by atomic mass is 16.5. The molecule has 0 aliphatic heterocycles. The molecule has 0 N–H and O–H groups in total. The molecule has 3 nitrogen and oxygen atoms in total. The number of nitriles is 1. The molecule has 1 aromatic carbocycles. The van der Waals surface area contributed by atoms with Gasteiger partial charge in [0.15, 0.2) is 0 Å². The Morgan fingerprint density at radius 2 is 1.94 bits per heavy atom. The van der Waals surface area contributed by atoms with Gasteiger partial charge in [-0.3, -0.25) is 4.79 Å². The number of ketones is 1. The van der Waals surface area contributed by atoms with Crippen molar-refractivity contribution in [1.29, 1.82) is 5.26 Å². The van der Waals surface area contributed by atoms with E-state index in [9.17, 15) is 10.1 Å². The average molecular weight is 245 g/mol. The summed E-state index contributed by atoms with van der Waals surface area (Å²) in [5, 5.41) is 9.27. The first-order chi connectivity index (χ1) is 8.37. The highest BCUT2D eigenvalue weighted by molar-refractivity contribution is 5.77. The SMILES string of the molecule is CC(=O)CC(C)(C#N)c1ccc(OC(C)C)cc1. The van der Waals surface area contributed by atoms with E-state index in [-0.39, 0.29) is 18.3 Å². The Bertz CT molecular complexity index is 456. The molecule has 0 amide bonds. The fraction of sp³-hybridized carbons (Fsp3) is 0.467. The zero-order valence-corrected chi connectivity index (χ0v) is 11.4. The van der Waals surface area contributed by atoms with Gasteiger partial charge in [-0.15, -0.1) is 0 Å². The number of rotatable bonds is 5. The van der Waals surface area contributed by atoms with Gasteiger partial charge in [-0.1, -0.05) is 12.1 Å². The maximum absolute atomic E-state index is 11.2. The summed E-state index contributed by atoms with van der Waals surface area (Å²) >= 11 is 0. The summed E-state index contributed by atoms with van der Waals surface area (Å²) in [4.78, 5) is 11.2. The summed E-state index contributed by atoms with van der Waals surface area (Å²) in [5.74, 6) is 0.790. The Kier molecular flexibility index (Phi) is 4.49. The largest absolute Gasteiger partial charge is 0.491 e. The Labute approximate surface area is 108 Å². The van der Waals surface area contributed by atoms with E-state index >= 15 is 0 Å². The maximum atomic E-state index is 11.2. The van der Waals surface area contributed by atoms with Crippen LogP contribution in [0.4, 0.5) is 0 Å². The van der Waals surface area contributed by atoms with Crippen LogP contribution >= 0.6 is 0 Å². The third-order valence-corrected chi connectivity index (χ3v) is 2.71. The minimum absolute atomic E-state index is 0.0153. The molecule has 3 heteroatoms. The lowest BCUT2D eigenvalue weighted by Gasteiger charge is -2.21. The van der Waals surface area contributed by atoms with Gasteiger partial charge in [0.05, 0.1) is 17.6 Å². The standard InChI is InChI=1S/C15H19NO2/c1-11(2)18-14-7-5-13(6-8-14)15(4,10-16)9-12(3)17/h5-8,11H,9H2,1-4H3. The highest BCUT2D eigenvalue weighted by Gasteiger charge is 2.28. The van der Waals surface area contributed by atoms with Crippen molar-refractivity contribution in [3.63, 3.8) is 0 Å². The lowest BCUT2D eigenvalue weighted by molar-refractivity contribution is -0.117. The number of ether oxygens (including phenoxy) is 1. The minimum atomic E-state index is -0.762. The van der Waals surface area contributed by atoms with Gasteiger partial charge >= 0.3 is 0 Å². The van der Waals surface area contributed by atoms with E-state index in [0.29, 0.717) is 0 Å². The lowest BCUT2D eigenvalue weighted by Crippen LogP contribution is -2.22. The molecule has 0 fully saturated rings. The predicted molar refractivity (Wildman–Crippen MR) is 70.5 cm³/mol. The Morgan fingerprint density at radius 3 is 2.33 bits per heavy atom. The first kappa shape index (κ1) is 14.2. The molecule has 0 saturated heterocycles. The fourth-order valence-electron chi connectivity index (χ4n) is 1.88. The van der Waals surface area contributed by atoms with Crippen LogP contribution in [0.5, 0.6) is 5.75 Å². The Morgan fingerprint density at radius 1 is 1.39 bits per heavy atom. The van der Waals surface area contributed by atoms with Gasteiger partial charge in [0, 0.05) is 6.42 Å². The van der Waals surface area contributed by atoms with Gasteiger partial charge < -0.3 is 4.74 Å². The van der Waals surface area contributed by atoms with E-state index in [1.165, 1.54) is 6.92 Å². The molecule has 1 unspecified atom stereocenters. The van der Waals surface area contributed by atoms with Crippen LogP contribution in [0.1, 0.15) is 39.7 Å². The molecule has 0 aliphatic rings. The Balaban J connectivity index is 2.95. The topological polar surface area (TPSA) is 50.1 Å². The van der Waals surface area contributed by atoms with Crippen molar-refractivity contribution < 1.29 is 9.53 Å². The van der Waals surface area contributed by atoms with Gasteiger partial charge in [0.2, 0.25) is 0 Å². The molecule has 1 aromatic rings. The average Bonchev–Trinajstić information content (AvgIpc) is 2.28. The predicted octanol–water partition coefficient (Wildman–Crippen LogP) is 3.23. The number of benzene rings is 1. The fourth-order valence-corrected chi connectivity index (χ4v) is 1.88. The number of Topliss-reactive ketones (excluding diaryl/α,β-unsaturated/α-hetero) is 1. The molecule has 0 saturated carbocycles. The van der Waals surface area contributed by atoms with Crippen molar-refractivity contribution in [2.45, 2.75) is 45.6 Å². The molecular formula is C15H19NO2. The van der Waals surface area contributed by atoms with Gasteiger partial charge in [-0.2, -0.15) is 5.26 Å². The Hall–Kier alpha value is -1.82. The van der Waals surface area contributed by atoms with Gasteiger partial charge in [-0.25, -0.2) is 0 Å². The lowest BCUT2D eigenvalue weighted by atomic mass is 9.80. The van der Waals surface area contributed by atoms with E-state index in [1.807, 2.05) is 38.1 Å². The van der Waals surface area contributed by atoms with Crippen molar-refractivity contribution in [3.8, 4) is 11.8 Å². The number of nitrogens with zero attached hydrogens (tertiary/aromatic N) is 1. The zero-order chi connectivity index (χ0) is 13.8. The van der Waals surface area contributed by atoms with Crippen molar-refractivity contribution in [2.24, 2.45) is 0 Å². The smallest absolute Gasteiger partial charge is 0.131 e. The molecule has 0 heterocycles. The quantitative estimate of drug-likeness (QED) is 0.800. The van der Waals surface area contributed by atoms with Crippen molar-refractivity contribution in [1.82, 2.24) is 0 Å². The van der Waals surface area contributed by atoms with Gasteiger partial charge in [-0.05, 0) is 45.4 Å². The second-order valence-electron chi connectivity index (χ2n) is 5.01. The molecule has 0 spiro atoms. The monoisotopic (exact) mass is 245 g/mol. The first-order valence-electron chi connectivity index (χ1n) is 6.05. The van der Waals surface area contributed by atoms with Crippen molar-refractivity contribution in [2.75, 3.05) is 0 Å². The van der Waals surface area contributed by atoms with Gasteiger partial charge in [0.25, 0.3) is 0 Å². The molecule has 0 aromatic heterocycles. The highest BCUT2D eigenvalue weighted by Crippen LogP contribution is 2.28. The zero-order valence-electron chi connectivity index (χ0n) is 11.4. The molecule has 0 aliphatic carbocycles. The van der Waals surface area contributed by atoms with Crippen molar-refractivity contribution in [3.05, 3.63) is 29.8 Å². The summed E-state index contributed by atoms with van der Waals surface area (Å²) in [6.45, 7) is 7.21. The summed E-state index contributed by atoms with van der Waals surface area (Å²) in [6, 6.07) is 9.60. The van der Waals surface area contributed by atoms with Crippen molar-refractivity contribution >= 4 is 5.78 Å². The molecule has 1 atom stereocenters. The third-order valence-electron chi connectivity index (χ3n) is 2.71. The van der Waals surface area contributed by atoms with Crippen LogP contribution in [0.3, 0.4) is 0 Å². The second kappa shape index (κ2) is 5.68. The second-order valence-corrected chi connectivity index (χ2v) is 5.01. The summed E-state index contributed by atoms with van der Waals surface area (Å²) in [7, 11) is 0. The molecule has 96 valence electrons. The van der Waals surface area contributed by atoms with Crippen LogP contribution in [0.25, 0.3) is 0 Å². The molecule has 18 heavy (non-hydrogen) atoms. The number of hydrogen-bond acceptors (Lipinski definition) is 3. The van der Waals surface area contributed by atoms with E-state index in [4.69, 9.17) is 4.74 Å². The van der Waals surface area contributed by atoms with E-state index in [1.54, 1.807) is 6.92 Å². The maximum Gasteiger partial charge on any atom is 0.131 e. The molecule has 0 bridgehead atoms. The van der Waals surface area contributed by atoms with Crippen LogP contribution in [0, 0.1) is 11.3 Å².